The largest absolute Gasteiger partial charge is 0.378 e. The first-order chi connectivity index (χ1) is 4.91. The highest BCUT2D eigenvalue weighted by atomic mass is 16.5. The summed E-state index contributed by atoms with van der Waals surface area (Å²) in [5, 5.41) is 3.44. The molecule has 0 bridgehead atoms. The third kappa shape index (κ3) is 1.70. The number of ether oxygens (including phenoxy) is 1. The van der Waals surface area contributed by atoms with Gasteiger partial charge in [0.25, 0.3) is 0 Å². The van der Waals surface area contributed by atoms with E-state index in [0.717, 1.165) is 19.8 Å². The van der Waals surface area contributed by atoms with E-state index in [1.54, 1.807) is 0 Å². The Balaban J connectivity index is 0.000000231. The molecule has 1 N–H and O–H groups in total. The summed E-state index contributed by atoms with van der Waals surface area (Å²) in [6.45, 7) is 6.91. The fourth-order valence-electron chi connectivity index (χ4n) is 1.18. The van der Waals surface area contributed by atoms with Crippen LogP contribution in [0.3, 0.4) is 0 Å². The maximum atomic E-state index is 5.28. The number of morpholine rings is 1. The molecule has 0 unspecified atom stereocenters. The molecule has 1 saturated carbocycles. The standard InChI is InChI=1S/C6H11NO.C2H6/c1-2-6(1)5-8-4-3-7-6;1-2/h7H,1-5H2;1-2H3. The van der Waals surface area contributed by atoms with Crippen LogP contribution in [0.4, 0.5) is 0 Å². The van der Waals surface area contributed by atoms with Gasteiger partial charge in [0.1, 0.15) is 0 Å². The third-order valence-corrected chi connectivity index (χ3v) is 1.98. The van der Waals surface area contributed by atoms with E-state index in [9.17, 15) is 0 Å². The molecule has 0 aromatic rings. The normalized spacial score (nSPS) is 27.0. The van der Waals surface area contributed by atoms with Crippen LogP contribution in [-0.4, -0.2) is 25.3 Å². The van der Waals surface area contributed by atoms with Gasteiger partial charge in [-0.3, -0.25) is 0 Å². The molecule has 0 atom stereocenters. The molecule has 1 spiro atoms. The van der Waals surface area contributed by atoms with Gasteiger partial charge < -0.3 is 10.1 Å². The zero-order chi connectivity index (χ0) is 7.45. The molecule has 0 aromatic heterocycles. The van der Waals surface area contributed by atoms with Crippen LogP contribution in [-0.2, 0) is 4.74 Å². The molecule has 1 heterocycles. The van der Waals surface area contributed by atoms with Crippen LogP contribution < -0.4 is 5.32 Å². The van der Waals surface area contributed by atoms with Crippen molar-refractivity contribution in [1.82, 2.24) is 5.32 Å². The van der Waals surface area contributed by atoms with E-state index in [1.807, 2.05) is 13.8 Å². The van der Waals surface area contributed by atoms with Crippen LogP contribution in [0, 0.1) is 0 Å². The van der Waals surface area contributed by atoms with Gasteiger partial charge in [-0.2, -0.15) is 0 Å². The summed E-state index contributed by atoms with van der Waals surface area (Å²) in [7, 11) is 0. The predicted octanol–water partition coefficient (Wildman–Crippen LogP) is 1.17. The van der Waals surface area contributed by atoms with Crippen molar-refractivity contribution in [3.8, 4) is 0 Å². The Morgan fingerprint density at radius 3 is 2.30 bits per heavy atom. The smallest absolute Gasteiger partial charge is 0.0648 e. The van der Waals surface area contributed by atoms with Gasteiger partial charge in [0.05, 0.1) is 13.2 Å². The van der Waals surface area contributed by atoms with Gasteiger partial charge in [-0.25, -0.2) is 0 Å². The summed E-state index contributed by atoms with van der Waals surface area (Å²) in [6, 6.07) is 0. The van der Waals surface area contributed by atoms with Crippen LogP contribution >= 0.6 is 0 Å². The summed E-state index contributed by atoms with van der Waals surface area (Å²) < 4.78 is 5.28. The monoisotopic (exact) mass is 143 g/mol. The molecule has 2 aliphatic rings. The molecule has 2 nitrogen and oxygen atoms in total. The van der Waals surface area contributed by atoms with E-state index < -0.39 is 0 Å². The minimum atomic E-state index is 0.457. The average molecular weight is 143 g/mol. The van der Waals surface area contributed by atoms with Gasteiger partial charge in [0.2, 0.25) is 0 Å². The quantitative estimate of drug-likeness (QED) is 0.549. The lowest BCUT2D eigenvalue weighted by Crippen LogP contribution is -2.43. The molecule has 0 amide bonds. The summed E-state index contributed by atoms with van der Waals surface area (Å²) in [5.41, 5.74) is 0.457. The number of hydrogen-bond donors (Lipinski definition) is 1. The van der Waals surface area contributed by atoms with Gasteiger partial charge in [0, 0.05) is 12.1 Å². The molecule has 2 rings (SSSR count). The molecular weight excluding hydrogens is 126 g/mol. The van der Waals surface area contributed by atoms with E-state index in [4.69, 9.17) is 4.74 Å². The zero-order valence-electron chi connectivity index (χ0n) is 6.94. The van der Waals surface area contributed by atoms with E-state index >= 15 is 0 Å². The molecule has 2 fully saturated rings. The first kappa shape index (κ1) is 8.02. The Bertz CT molecular complexity index is 91.4. The van der Waals surface area contributed by atoms with Gasteiger partial charge in [0.15, 0.2) is 0 Å². The summed E-state index contributed by atoms with van der Waals surface area (Å²) >= 11 is 0. The van der Waals surface area contributed by atoms with E-state index in [0.29, 0.717) is 5.54 Å². The first-order valence-electron chi connectivity index (χ1n) is 4.24. The van der Waals surface area contributed by atoms with Crippen molar-refractivity contribution in [2.24, 2.45) is 0 Å². The fraction of sp³-hybridized carbons (Fsp3) is 1.00. The molecule has 1 aliphatic carbocycles. The number of rotatable bonds is 0. The molecule has 1 aliphatic heterocycles. The van der Waals surface area contributed by atoms with Crippen molar-refractivity contribution >= 4 is 0 Å². The lowest BCUT2D eigenvalue weighted by molar-refractivity contribution is 0.0682. The molecule has 60 valence electrons. The van der Waals surface area contributed by atoms with Crippen LogP contribution in [0.5, 0.6) is 0 Å². The Morgan fingerprint density at radius 2 is 2.00 bits per heavy atom. The second-order valence-electron chi connectivity index (χ2n) is 2.76. The van der Waals surface area contributed by atoms with Crippen molar-refractivity contribution in [2.45, 2.75) is 32.2 Å². The zero-order valence-corrected chi connectivity index (χ0v) is 6.94. The topological polar surface area (TPSA) is 21.3 Å². The SMILES string of the molecule is C1COCC2(CC2)N1.CC. The van der Waals surface area contributed by atoms with E-state index in [-0.39, 0.29) is 0 Å². The molecule has 10 heavy (non-hydrogen) atoms. The molecular formula is C8H17NO. The van der Waals surface area contributed by atoms with Crippen molar-refractivity contribution in [3.05, 3.63) is 0 Å². The van der Waals surface area contributed by atoms with Crippen LogP contribution in [0.15, 0.2) is 0 Å². The minimum absolute atomic E-state index is 0.457. The highest BCUT2D eigenvalue weighted by Crippen LogP contribution is 2.36. The highest BCUT2D eigenvalue weighted by molar-refractivity contribution is 5.03. The number of hydrogen-bond acceptors (Lipinski definition) is 2. The third-order valence-electron chi connectivity index (χ3n) is 1.98. The van der Waals surface area contributed by atoms with Crippen molar-refractivity contribution < 1.29 is 4.74 Å². The van der Waals surface area contributed by atoms with Crippen LogP contribution in [0.25, 0.3) is 0 Å². The Kier molecular flexibility index (Phi) is 2.69. The van der Waals surface area contributed by atoms with Crippen LogP contribution in [0.1, 0.15) is 26.7 Å². The number of nitrogens with one attached hydrogen (secondary N) is 1. The Hall–Kier alpha value is -0.0800. The fourth-order valence-corrected chi connectivity index (χ4v) is 1.18. The summed E-state index contributed by atoms with van der Waals surface area (Å²) in [6.07, 6.45) is 2.65. The second kappa shape index (κ2) is 3.35. The van der Waals surface area contributed by atoms with Crippen molar-refractivity contribution in [1.29, 1.82) is 0 Å². The molecule has 0 aromatic carbocycles. The van der Waals surface area contributed by atoms with Crippen molar-refractivity contribution in [3.63, 3.8) is 0 Å². The molecule has 1 saturated heterocycles. The van der Waals surface area contributed by atoms with Crippen molar-refractivity contribution in [2.75, 3.05) is 19.8 Å². The summed E-state index contributed by atoms with van der Waals surface area (Å²) in [5.74, 6) is 0. The van der Waals surface area contributed by atoms with E-state index in [1.165, 1.54) is 12.8 Å². The summed E-state index contributed by atoms with van der Waals surface area (Å²) in [4.78, 5) is 0. The van der Waals surface area contributed by atoms with Gasteiger partial charge in [-0.15, -0.1) is 0 Å². The Morgan fingerprint density at radius 1 is 1.30 bits per heavy atom. The predicted molar refractivity (Wildman–Crippen MR) is 42.1 cm³/mol. The minimum Gasteiger partial charge on any atom is -0.378 e. The van der Waals surface area contributed by atoms with Gasteiger partial charge in [-0.05, 0) is 12.8 Å². The maximum Gasteiger partial charge on any atom is 0.0648 e. The second-order valence-corrected chi connectivity index (χ2v) is 2.76. The average Bonchev–Trinajstić information content (AvgIpc) is 2.75. The highest BCUT2D eigenvalue weighted by Gasteiger charge is 2.43. The van der Waals surface area contributed by atoms with Crippen LogP contribution in [0.2, 0.25) is 0 Å². The van der Waals surface area contributed by atoms with Gasteiger partial charge in [-0.1, -0.05) is 13.8 Å². The van der Waals surface area contributed by atoms with Gasteiger partial charge >= 0.3 is 0 Å². The molecule has 2 heteroatoms. The maximum absolute atomic E-state index is 5.28. The van der Waals surface area contributed by atoms with E-state index in [2.05, 4.69) is 5.32 Å². The first-order valence-corrected chi connectivity index (χ1v) is 4.24. The lowest BCUT2D eigenvalue weighted by Gasteiger charge is -2.22. The molecule has 0 radical (unpaired) electrons. The Labute approximate surface area is 63.0 Å². The lowest BCUT2D eigenvalue weighted by atomic mass is 10.3.